The molecule has 4 nitrogen and oxygen atoms in total. The SMILES string of the molecule is C=CCOc1ccccc1CNC(=NC)NCc1ccc(C)cc1.I. The van der Waals surface area contributed by atoms with Crippen molar-refractivity contribution in [1.29, 1.82) is 0 Å². The lowest BCUT2D eigenvalue weighted by Crippen LogP contribution is -2.36. The van der Waals surface area contributed by atoms with E-state index in [0.717, 1.165) is 23.8 Å². The number of nitrogens with one attached hydrogen (secondary N) is 2. The van der Waals surface area contributed by atoms with Crippen molar-refractivity contribution in [1.82, 2.24) is 10.6 Å². The molecule has 0 aliphatic heterocycles. The molecule has 0 aliphatic carbocycles. The predicted octanol–water partition coefficient (Wildman–Crippen LogP) is 4.04. The van der Waals surface area contributed by atoms with E-state index in [0.29, 0.717) is 13.2 Å². The van der Waals surface area contributed by atoms with Crippen molar-refractivity contribution in [2.45, 2.75) is 20.0 Å². The molecular formula is C20H26IN3O. The van der Waals surface area contributed by atoms with Gasteiger partial charge in [-0.3, -0.25) is 4.99 Å². The maximum atomic E-state index is 5.67. The smallest absolute Gasteiger partial charge is 0.191 e. The van der Waals surface area contributed by atoms with E-state index in [4.69, 9.17) is 4.74 Å². The lowest BCUT2D eigenvalue weighted by molar-refractivity contribution is 0.358. The summed E-state index contributed by atoms with van der Waals surface area (Å²) >= 11 is 0. The zero-order chi connectivity index (χ0) is 17.2. The first-order chi connectivity index (χ1) is 11.7. The number of para-hydroxylation sites is 1. The van der Waals surface area contributed by atoms with Crippen molar-refractivity contribution in [3.8, 4) is 5.75 Å². The van der Waals surface area contributed by atoms with Gasteiger partial charge in [-0.05, 0) is 18.6 Å². The highest BCUT2D eigenvalue weighted by atomic mass is 127. The van der Waals surface area contributed by atoms with Gasteiger partial charge < -0.3 is 15.4 Å². The number of rotatable bonds is 7. The molecule has 0 bridgehead atoms. The van der Waals surface area contributed by atoms with Gasteiger partial charge in [0.15, 0.2) is 5.96 Å². The van der Waals surface area contributed by atoms with Gasteiger partial charge in [0, 0.05) is 25.7 Å². The van der Waals surface area contributed by atoms with Gasteiger partial charge in [0.2, 0.25) is 0 Å². The van der Waals surface area contributed by atoms with Crippen molar-refractivity contribution in [2.75, 3.05) is 13.7 Å². The molecule has 0 heterocycles. The van der Waals surface area contributed by atoms with Gasteiger partial charge in [-0.2, -0.15) is 0 Å². The Morgan fingerprint density at radius 3 is 2.44 bits per heavy atom. The summed E-state index contributed by atoms with van der Waals surface area (Å²) in [6.45, 7) is 7.64. The third-order valence-corrected chi connectivity index (χ3v) is 3.58. The van der Waals surface area contributed by atoms with E-state index in [1.54, 1.807) is 13.1 Å². The maximum Gasteiger partial charge on any atom is 0.191 e. The Labute approximate surface area is 167 Å². The lowest BCUT2D eigenvalue weighted by Gasteiger charge is -2.14. The van der Waals surface area contributed by atoms with Crippen molar-refractivity contribution in [3.63, 3.8) is 0 Å². The number of guanidine groups is 1. The number of hydrogen-bond donors (Lipinski definition) is 2. The van der Waals surface area contributed by atoms with Gasteiger partial charge in [-0.1, -0.05) is 60.7 Å². The molecule has 2 N–H and O–H groups in total. The number of halogens is 1. The van der Waals surface area contributed by atoms with Crippen molar-refractivity contribution >= 4 is 29.9 Å². The molecule has 134 valence electrons. The van der Waals surface area contributed by atoms with E-state index in [1.807, 2.05) is 24.3 Å². The number of aryl methyl sites for hydroxylation is 1. The fourth-order valence-corrected chi connectivity index (χ4v) is 2.23. The van der Waals surface area contributed by atoms with Crippen LogP contribution in [0.3, 0.4) is 0 Å². The number of aliphatic imine (C=N–C) groups is 1. The number of ether oxygens (including phenoxy) is 1. The quantitative estimate of drug-likeness (QED) is 0.289. The van der Waals surface area contributed by atoms with Crippen LogP contribution >= 0.6 is 24.0 Å². The maximum absolute atomic E-state index is 5.67. The first-order valence-electron chi connectivity index (χ1n) is 8.04. The van der Waals surface area contributed by atoms with E-state index in [-0.39, 0.29) is 24.0 Å². The molecule has 0 aliphatic rings. The van der Waals surface area contributed by atoms with Gasteiger partial charge in [0.05, 0.1) is 0 Å². The molecule has 0 atom stereocenters. The summed E-state index contributed by atoms with van der Waals surface area (Å²) in [7, 11) is 1.77. The summed E-state index contributed by atoms with van der Waals surface area (Å²) in [5.74, 6) is 1.62. The largest absolute Gasteiger partial charge is 0.489 e. The minimum Gasteiger partial charge on any atom is -0.489 e. The fourth-order valence-electron chi connectivity index (χ4n) is 2.23. The molecule has 0 aromatic heterocycles. The van der Waals surface area contributed by atoms with E-state index < -0.39 is 0 Å². The number of hydrogen-bond acceptors (Lipinski definition) is 2. The van der Waals surface area contributed by atoms with Crippen molar-refractivity contribution in [2.24, 2.45) is 4.99 Å². The summed E-state index contributed by atoms with van der Waals surface area (Å²) in [6.07, 6.45) is 1.74. The van der Waals surface area contributed by atoms with E-state index in [9.17, 15) is 0 Å². The van der Waals surface area contributed by atoms with E-state index >= 15 is 0 Å². The second-order valence-electron chi connectivity index (χ2n) is 5.47. The first-order valence-corrected chi connectivity index (χ1v) is 8.04. The monoisotopic (exact) mass is 451 g/mol. The summed E-state index contributed by atoms with van der Waals surface area (Å²) < 4.78 is 5.67. The highest BCUT2D eigenvalue weighted by Gasteiger charge is 2.04. The third kappa shape index (κ3) is 7.17. The Balaban J connectivity index is 0.00000312. The van der Waals surface area contributed by atoms with Crippen molar-refractivity contribution < 1.29 is 4.74 Å². The molecule has 25 heavy (non-hydrogen) atoms. The fraction of sp³-hybridized carbons (Fsp3) is 0.250. The Bertz CT molecular complexity index is 684. The molecule has 0 saturated carbocycles. The predicted molar refractivity (Wildman–Crippen MR) is 116 cm³/mol. The molecule has 0 radical (unpaired) electrons. The van der Waals surface area contributed by atoms with Crippen LogP contribution < -0.4 is 15.4 Å². The summed E-state index contributed by atoms with van der Waals surface area (Å²) in [5.41, 5.74) is 3.56. The Hall–Kier alpha value is -2.02. The molecule has 2 aromatic rings. The molecule has 0 amide bonds. The lowest BCUT2D eigenvalue weighted by atomic mass is 10.1. The molecular weight excluding hydrogens is 425 g/mol. The van der Waals surface area contributed by atoms with E-state index in [1.165, 1.54) is 11.1 Å². The van der Waals surface area contributed by atoms with Gasteiger partial charge in [-0.25, -0.2) is 0 Å². The minimum absolute atomic E-state index is 0. The second-order valence-corrected chi connectivity index (χ2v) is 5.47. The highest BCUT2D eigenvalue weighted by Crippen LogP contribution is 2.17. The van der Waals surface area contributed by atoms with Crippen LogP contribution in [0.2, 0.25) is 0 Å². The van der Waals surface area contributed by atoms with Crippen LogP contribution in [0.5, 0.6) is 5.75 Å². The summed E-state index contributed by atoms with van der Waals surface area (Å²) in [4.78, 5) is 4.26. The van der Waals surface area contributed by atoms with Crippen LogP contribution in [0.15, 0.2) is 66.2 Å². The minimum atomic E-state index is 0. The van der Waals surface area contributed by atoms with Gasteiger partial charge in [0.1, 0.15) is 12.4 Å². The highest BCUT2D eigenvalue weighted by molar-refractivity contribution is 14.0. The van der Waals surface area contributed by atoms with Crippen LogP contribution in [-0.2, 0) is 13.1 Å². The van der Waals surface area contributed by atoms with Gasteiger partial charge >= 0.3 is 0 Å². The summed E-state index contributed by atoms with van der Waals surface area (Å²) in [5, 5.41) is 6.64. The topological polar surface area (TPSA) is 45.6 Å². The number of nitrogens with zero attached hydrogens (tertiary/aromatic N) is 1. The van der Waals surface area contributed by atoms with Crippen LogP contribution in [-0.4, -0.2) is 19.6 Å². The average molecular weight is 451 g/mol. The summed E-state index contributed by atoms with van der Waals surface area (Å²) in [6, 6.07) is 16.4. The van der Waals surface area contributed by atoms with Crippen LogP contribution in [0, 0.1) is 6.92 Å². The Morgan fingerprint density at radius 2 is 1.76 bits per heavy atom. The van der Waals surface area contributed by atoms with Gasteiger partial charge in [0.25, 0.3) is 0 Å². The standard InChI is InChI=1S/C20H25N3O.HI/c1-4-13-24-19-8-6-5-7-18(19)15-23-20(21-3)22-14-17-11-9-16(2)10-12-17;/h4-12H,1,13-15H2,2-3H3,(H2,21,22,23);1H. The average Bonchev–Trinajstić information content (AvgIpc) is 2.62. The van der Waals surface area contributed by atoms with Crippen molar-refractivity contribution in [3.05, 3.63) is 77.9 Å². The van der Waals surface area contributed by atoms with Crippen LogP contribution in [0.25, 0.3) is 0 Å². The zero-order valence-electron chi connectivity index (χ0n) is 14.8. The zero-order valence-corrected chi connectivity index (χ0v) is 17.1. The van der Waals surface area contributed by atoms with Crippen LogP contribution in [0.1, 0.15) is 16.7 Å². The molecule has 5 heteroatoms. The van der Waals surface area contributed by atoms with Gasteiger partial charge in [-0.15, -0.1) is 24.0 Å². The Kier molecular flexibility index (Phi) is 9.69. The molecule has 0 fully saturated rings. The molecule has 0 spiro atoms. The third-order valence-electron chi connectivity index (χ3n) is 3.58. The first kappa shape index (κ1) is 21.0. The molecule has 0 unspecified atom stereocenters. The number of benzene rings is 2. The van der Waals surface area contributed by atoms with E-state index in [2.05, 4.69) is 53.4 Å². The molecule has 2 aromatic carbocycles. The normalized spacial score (nSPS) is 10.6. The Morgan fingerprint density at radius 1 is 1.08 bits per heavy atom. The van der Waals surface area contributed by atoms with Crippen LogP contribution in [0.4, 0.5) is 0 Å². The second kappa shape index (κ2) is 11.5. The molecule has 0 saturated heterocycles. The molecule has 2 rings (SSSR count).